The first-order chi connectivity index (χ1) is 10.6. The Morgan fingerprint density at radius 2 is 2.36 bits per heavy atom. The molecule has 0 saturated carbocycles. The summed E-state index contributed by atoms with van der Waals surface area (Å²) in [5, 5.41) is 2.79. The molecule has 0 aromatic carbocycles. The molecule has 122 valence electrons. The highest BCUT2D eigenvalue weighted by Gasteiger charge is 2.15. The van der Waals surface area contributed by atoms with Crippen LogP contribution in [-0.4, -0.2) is 43.4 Å². The summed E-state index contributed by atoms with van der Waals surface area (Å²) >= 11 is 3.28. The van der Waals surface area contributed by atoms with E-state index in [1.165, 1.54) is 10.6 Å². The summed E-state index contributed by atoms with van der Waals surface area (Å²) in [6.07, 6.45) is 3.43. The summed E-state index contributed by atoms with van der Waals surface area (Å²) in [7, 11) is 0. The first-order valence-electron chi connectivity index (χ1n) is 7.43. The molecular weight excluding hydrogens is 352 g/mol. The van der Waals surface area contributed by atoms with Crippen LogP contribution in [0.1, 0.15) is 12.8 Å². The predicted octanol–water partition coefficient (Wildman–Crippen LogP) is 1.17. The lowest BCUT2D eigenvalue weighted by Crippen LogP contribution is -2.32. The molecule has 1 aromatic heterocycles. The highest BCUT2D eigenvalue weighted by molar-refractivity contribution is 9.10. The molecule has 0 radical (unpaired) electrons. The van der Waals surface area contributed by atoms with E-state index in [0.717, 1.165) is 37.1 Å². The fourth-order valence-corrected chi connectivity index (χ4v) is 2.58. The molecule has 1 aliphatic rings. The van der Waals surface area contributed by atoms with E-state index in [9.17, 15) is 9.59 Å². The number of amides is 1. The lowest BCUT2D eigenvalue weighted by Gasteiger charge is -2.10. The van der Waals surface area contributed by atoms with Crippen LogP contribution in [0.2, 0.25) is 0 Å². The SMILES string of the molecule is O=C(Cn1cc(Br)ccc1=O)NCCCOCC1CCOC1. The third-order valence-electron chi connectivity index (χ3n) is 3.43. The van der Waals surface area contributed by atoms with Crippen molar-refractivity contribution in [2.45, 2.75) is 19.4 Å². The first kappa shape index (κ1) is 17.2. The number of hydrogen-bond acceptors (Lipinski definition) is 4. The smallest absolute Gasteiger partial charge is 0.251 e. The van der Waals surface area contributed by atoms with E-state index in [-0.39, 0.29) is 18.0 Å². The number of pyridine rings is 1. The number of rotatable bonds is 8. The van der Waals surface area contributed by atoms with Gasteiger partial charge in [0.15, 0.2) is 0 Å². The summed E-state index contributed by atoms with van der Waals surface area (Å²) in [5.74, 6) is 0.336. The molecule has 0 aliphatic carbocycles. The Morgan fingerprint density at radius 3 is 3.14 bits per heavy atom. The third-order valence-corrected chi connectivity index (χ3v) is 3.90. The number of halogens is 1. The minimum absolute atomic E-state index is 0.0263. The Balaban J connectivity index is 1.57. The summed E-state index contributed by atoms with van der Waals surface area (Å²) in [4.78, 5) is 23.4. The van der Waals surface area contributed by atoms with Crippen LogP contribution in [0.5, 0.6) is 0 Å². The predicted molar refractivity (Wildman–Crippen MR) is 85.8 cm³/mol. The summed E-state index contributed by atoms with van der Waals surface area (Å²) < 4.78 is 13.0. The zero-order valence-electron chi connectivity index (χ0n) is 12.4. The van der Waals surface area contributed by atoms with E-state index in [4.69, 9.17) is 9.47 Å². The Labute approximate surface area is 137 Å². The van der Waals surface area contributed by atoms with Gasteiger partial charge in [-0.3, -0.25) is 9.59 Å². The van der Waals surface area contributed by atoms with E-state index in [0.29, 0.717) is 19.1 Å². The van der Waals surface area contributed by atoms with Crippen molar-refractivity contribution in [1.82, 2.24) is 9.88 Å². The van der Waals surface area contributed by atoms with Crippen LogP contribution in [-0.2, 0) is 20.8 Å². The lowest BCUT2D eigenvalue weighted by molar-refractivity contribution is -0.121. The molecule has 1 saturated heterocycles. The highest BCUT2D eigenvalue weighted by Crippen LogP contribution is 2.12. The monoisotopic (exact) mass is 372 g/mol. The van der Waals surface area contributed by atoms with Gasteiger partial charge in [-0.05, 0) is 34.8 Å². The van der Waals surface area contributed by atoms with Crippen molar-refractivity contribution >= 4 is 21.8 Å². The number of carbonyl (C=O) groups is 1. The standard InChI is InChI=1S/C15H21BrN2O4/c16-13-2-3-15(20)18(8-13)9-14(19)17-5-1-6-21-10-12-4-7-22-11-12/h2-3,8,12H,1,4-7,9-11H2,(H,17,19). The molecule has 1 atom stereocenters. The Hall–Kier alpha value is -1.18. The van der Waals surface area contributed by atoms with E-state index >= 15 is 0 Å². The minimum atomic E-state index is -0.194. The maximum Gasteiger partial charge on any atom is 0.251 e. The molecule has 0 bridgehead atoms. The largest absolute Gasteiger partial charge is 0.381 e. The molecule has 1 aromatic rings. The molecule has 22 heavy (non-hydrogen) atoms. The average Bonchev–Trinajstić information content (AvgIpc) is 3.00. The van der Waals surface area contributed by atoms with E-state index in [2.05, 4.69) is 21.2 Å². The highest BCUT2D eigenvalue weighted by atomic mass is 79.9. The molecular formula is C15H21BrN2O4. The van der Waals surface area contributed by atoms with Crippen molar-refractivity contribution in [3.8, 4) is 0 Å². The van der Waals surface area contributed by atoms with Gasteiger partial charge in [-0.1, -0.05) is 0 Å². The fraction of sp³-hybridized carbons (Fsp3) is 0.600. The molecule has 1 aliphatic heterocycles. The van der Waals surface area contributed by atoms with Gasteiger partial charge < -0.3 is 19.4 Å². The van der Waals surface area contributed by atoms with Gasteiger partial charge >= 0.3 is 0 Å². The zero-order chi connectivity index (χ0) is 15.8. The minimum Gasteiger partial charge on any atom is -0.381 e. The first-order valence-corrected chi connectivity index (χ1v) is 8.22. The fourth-order valence-electron chi connectivity index (χ4n) is 2.20. The Morgan fingerprint density at radius 1 is 1.50 bits per heavy atom. The molecule has 1 N–H and O–H groups in total. The van der Waals surface area contributed by atoms with Gasteiger partial charge in [0, 0.05) is 42.4 Å². The van der Waals surface area contributed by atoms with Crippen molar-refractivity contribution in [2.75, 3.05) is 33.0 Å². The van der Waals surface area contributed by atoms with E-state index in [1.807, 2.05) is 0 Å². The zero-order valence-corrected chi connectivity index (χ0v) is 14.0. The van der Waals surface area contributed by atoms with Crippen molar-refractivity contribution in [3.05, 3.63) is 33.2 Å². The summed E-state index contributed by atoms with van der Waals surface area (Å²) in [6.45, 7) is 3.54. The molecule has 2 heterocycles. The van der Waals surface area contributed by atoms with Gasteiger partial charge in [0.05, 0.1) is 13.2 Å². The van der Waals surface area contributed by atoms with Gasteiger partial charge in [-0.2, -0.15) is 0 Å². The van der Waals surface area contributed by atoms with Crippen molar-refractivity contribution in [1.29, 1.82) is 0 Å². The number of ether oxygens (including phenoxy) is 2. The van der Waals surface area contributed by atoms with Crippen LogP contribution < -0.4 is 10.9 Å². The molecule has 2 rings (SSSR count). The number of nitrogens with zero attached hydrogens (tertiary/aromatic N) is 1. The van der Waals surface area contributed by atoms with Crippen molar-refractivity contribution in [2.24, 2.45) is 5.92 Å². The second-order valence-electron chi connectivity index (χ2n) is 5.32. The summed E-state index contributed by atoms with van der Waals surface area (Å²) in [5.41, 5.74) is -0.194. The molecule has 7 heteroatoms. The molecule has 1 unspecified atom stereocenters. The third kappa shape index (κ3) is 5.90. The normalized spacial score (nSPS) is 17.6. The molecule has 1 fully saturated rings. The van der Waals surface area contributed by atoms with Gasteiger partial charge in [0.25, 0.3) is 5.56 Å². The molecule has 6 nitrogen and oxygen atoms in total. The van der Waals surface area contributed by atoms with Crippen LogP contribution in [0.15, 0.2) is 27.6 Å². The van der Waals surface area contributed by atoms with E-state index in [1.54, 1.807) is 12.3 Å². The number of hydrogen-bond donors (Lipinski definition) is 1. The molecule has 1 amide bonds. The maximum atomic E-state index is 11.8. The number of nitrogens with one attached hydrogen (secondary N) is 1. The van der Waals surface area contributed by atoms with E-state index < -0.39 is 0 Å². The van der Waals surface area contributed by atoms with Crippen LogP contribution in [0, 0.1) is 5.92 Å². The number of aromatic nitrogens is 1. The molecule has 0 spiro atoms. The second-order valence-corrected chi connectivity index (χ2v) is 6.24. The summed E-state index contributed by atoms with van der Waals surface area (Å²) in [6, 6.07) is 3.08. The van der Waals surface area contributed by atoms with Crippen LogP contribution >= 0.6 is 15.9 Å². The Bertz CT molecular complexity index is 541. The van der Waals surface area contributed by atoms with Crippen molar-refractivity contribution in [3.63, 3.8) is 0 Å². The van der Waals surface area contributed by atoms with Crippen LogP contribution in [0.4, 0.5) is 0 Å². The van der Waals surface area contributed by atoms with Crippen LogP contribution in [0.25, 0.3) is 0 Å². The maximum absolute atomic E-state index is 11.8. The number of carbonyl (C=O) groups excluding carboxylic acids is 1. The topological polar surface area (TPSA) is 69.6 Å². The quantitative estimate of drug-likeness (QED) is 0.695. The van der Waals surface area contributed by atoms with Gasteiger partial charge in [-0.25, -0.2) is 0 Å². The Kier molecular flexibility index (Phi) is 7.08. The van der Waals surface area contributed by atoms with Crippen molar-refractivity contribution < 1.29 is 14.3 Å². The van der Waals surface area contributed by atoms with Gasteiger partial charge in [-0.15, -0.1) is 0 Å². The second kappa shape index (κ2) is 9.07. The average molecular weight is 373 g/mol. The van der Waals surface area contributed by atoms with Gasteiger partial charge in [0.1, 0.15) is 6.54 Å². The lowest BCUT2D eigenvalue weighted by atomic mass is 10.1. The van der Waals surface area contributed by atoms with Crippen LogP contribution in [0.3, 0.4) is 0 Å². The van der Waals surface area contributed by atoms with Gasteiger partial charge in [0.2, 0.25) is 5.91 Å².